The van der Waals surface area contributed by atoms with Gasteiger partial charge in [0.15, 0.2) is 0 Å². The average Bonchev–Trinajstić information content (AvgIpc) is 3.61. The van der Waals surface area contributed by atoms with Gasteiger partial charge in [-0.15, -0.1) is 0 Å². The monoisotopic (exact) mass is 631 g/mol. The summed E-state index contributed by atoms with van der Waals surface area (Å²) in [6, 6.07) is 48.3. The van der Waals surface area contributed by atoms with E-state index in [0.29, 0.717) is 5.56 Å². The first-order chi connectivity index (χ1) is 26.3. The van der Waals surface area contributed by atoms with Crippen molar-refractivity contribution in [2.75, 3.05) is 0 Å². The van der Waals surface area contributed by atoms with Crippen molar-refractivity contribution in [1.29, 1.82) is 0 Å². The Bertz CT molecular complexity index is 2870. The Labute approximate surface area is 293 Å². The van der Waals surface area contributed by atoms with Crippen LogP contribution in [0.3, 0.4) is 0 Å². The fraction of sp³-hybridized carbons (Fsp3) is 0.0426. The fourth-order valence-electron chi connectivity index (χ4n) is 7.18. The number of aromatic nitrogens is 2. The summed E-state index contributed by atoms with van der Waals surface area (Å²) < 4.78 is 45.6. The van der Waals surface area contributed by atoms with Gasteiger partial charge in [-0.3, -0.25) is 4.57 Å². The van der Waals surface area contributed by atoms with Gasteiger partial charge in [-0.1, -0.05) is 152 Å². The maximum Gasteiger partial charge on any atom is 0.114 e. The van der Waals surface area contributed by atoms with Gasteiger partial charge in [0.05, 0.1) is 17.9 Å². The van der Waals surface area contributed by atoms with Crippen LogP contribution in [-0.2, 0) is 6.42 Å². The van der Waals surface area contributed by atoms with Gasteiger partial charge >= 0.3 is 0 Å². The Morgan fingerprint density at radius 3 is 1.76 bits per heavy atom. The highest BCUT2D eigenvalue weighted by Gasteiger charge is 2.18. The van der Waals surface area contributed by atoms with Crippen molar-refractivity contribution in [2.45, 2.75) is 13.3 Å². The zero-order valence-corrected chi connectivity index (χ0v) is 27.0. The Morgan fingerprint density at radius 1 is 0.490 bits per heavy atom. The van der Waals surface area contributed by atoms with Gasteiger partial charge in [-0.25, -0.2) is 4.98 Å². The molecule has 0 unspecified atom stereocenters. The predicted octanol–water partition coefficient (Wildman–Crippen LogP) is 12.6. The van der Waals surface area contributed by atoms with Crippen molar-refractivity contribution in [2.24, 2.45) is 0 Å². The number of imidazole rings is 1. The van der Waals surface area contributed by atoms with E-state index in [1.807, 2.05) is 48.5 Å². The molecule has 1 heterocycles. The highest BCUT2D eigenvalue weighted by Crippen LogP contribution is 2.45. The Morgan fingerprint density at radius 2 is 1.04 bits per heavy atom. The number of benzene rings is 8. The summed E-state index contributed by atoms with van der Waals surface area (Å²) in [5.74, 6) is 1.03. The zero-order chi connectivity index (χ0) is 37.1. The molecule has 0 saturated carbocycles. The Balaban J connectivity index is 1.21. The lowest BCUT2D eigenvalue weighted by atomic mass is 9.84. The van der Waals surface area contributed by atoms with Crippen LogP contribution >= 0.6 is 0 Å². The second-order valence-electron chi connectivity index (χ2n) is 12.3. The standard InChI is InChI=1S/C47H34N2/c1-2-45-48-43-19-11-12-20-44(43)49(45)38-28-25-34(26-29-38)33-21-23-36(24-22-33)46-39-17-9-10-18-40(39)47(35-15-7-4-8-16-35)42-31-37(27-30-41(42)46)32-13-5-3-6-14-32/h3-31H,2H2,1H3/i4D,7D,8D,15D,16D. The minimum absolute atomic E-state index is 0.201. The van der Waals surface area contributed by atoms with E-state index in [1.165, 1.54) is 0 Å². The van der Waals surface area contributed by atoms with Gasteiger partial charge < -0.3 is 0 Å². The first kappa shape index (κ1) is 24.0. The molecule has 0 fully saturated rings. The molecule has 0 N–H and O–H groups in total. The van der Waals surface area contributed by atoms with E-state index in [0.717, 1.165) is 83.9 Å². The minimum Gasteiger partial charge on any atom is -0.296 e. The van der Waals surface area contributed by atoms with Crippen molar-refractivity contribution >= 4 is 32.6 Å². The number of rotatable bonds is 6. The SMILES string of the molecule is [2H]c1c([2H])c([2H])c(-c2c3ccccc3c(-c3ccc(-c4ccc(-n5c(CC)nc6ccccc65)cc4)cc3)c3ccc(-c4ccccc4)cc23)c([2H])c1[2H]. The number of fused-ring (bicyclic) bond motifs is 3. The molecular formula is C47H34N2. The third-order valence-electron chi connectivity index (χ3n) is 9.46. The lowest BCUT2D eigenvalue weighted by molar-refractivity contribution is 0.908. The summed E-state index contributed by atoms with van der Waals surface area (Å²) in [6.07, 6.45) is 0.832. The lowest BCUT2D eigenvalue weighted by Crippen LogP contribution is -1.99. The summed E-state index contributed by atoms with van der Waals surface area (Å²) in [4.78, 5) is 4.85. The quantitative estimate of drug-likeness (QED) is 0.167. The van der Waals surface area contributed by atoms with E-state index in [9.17, 15) is 0 Å². The van der Waals surface area contributed by atoms with Gasteiger partial charge in [0.2, 0.25) is 0 Å². The van der Waals surface area contributed by atoms with E-state index >= 15 is 0 Å². The predicted molar refractivity (Wildman–Crippen MR) is 207 cm³/mol. The molecule has 0 saturated heterocycles. The molecule has 232 valence electrons. The topological polar surface area (TPSA) is 17.8 Å². The van der Waals surface area contributed by atoms with Crippen LogP contribution in [0.15, 0.2) is 176 Å². The van der Waals surface area contributed by atoms with Gasteiger partial charge in [-0.05, 0) is 96.4 Å². The zero-order valence-electron chi connectivity index (χ0n) is 32.0. The molecule has 8 aromatic carbocycles. The fourth-order valence-corrected chi connectivity index (χ4v) is 7.18. The molecule has 2 heteroatoms. The van der Waals surface area contributed by atoms with Crippen LogP contribution < -0.4 is 0 Å². The lowest BCUT2D eigenvalue weighted by Gasteiger charge is -2.19. The molecule has 2 nitrogen and oxygen atoms in total. The van der Waals surface area contributed by atoms with Crippen LogP contribution in [0, 0.1) is 0 Å². The summed E-state index contributed by atoms with van der Waals surface area (Å²) in [6.45, 7) is 2.13. The first-order valence-electron chi connectivity index (χ1n) is 19.1. The maximum absolute atomic E-state index is 9.00. The van der Waals surface area contributed by atoms with E-state index in [2.05, 4.69) is 109 Å². The van der Waals surface area contributed by atoms with Gasteiger partial charge in [0, 0.05) is 12.1 Å². The normalized spacial score (nSPS) is 12.9. The molecule has 0 bridgehead atoms. The molecule has 0 radical (unpaired) electrons. The summed E-state index contributed by atoms with van der Waals surface area (Å²) in [5, 5.41) is 3.52. The summed E-state index contributed by atoms with van der Waals surface area (Å²) in [7, 11) is 0. The molecular weight excluding hydrogens is 593 g/mol. The number of hydrogen-bond acceptors (Lipinski definition) is 1. The first-order valence-corrected chi connectivity index (χ1v) is 16.6. The van der Waals surface area contributed by atoms with Gasteiger partial charge in [-0.2, -0.15) is 0 Å². The van der Waals surface area contributed by atoms with Crippen LogP contribution in [0.1, 0.15) is 19.6 Å². The second-order valence-corrected chi connectivity index (χ2v) is 12.3. The van der Waals surface area contributed by atoms with E-state index in [-0.39, 0.29) is 29.7 Å². The molecule has 0 amide bonds. The van der Waals surface area contributed by atoms with Crippen molar-refractivity contribution in [3.8, 4) is 50.2 Å². The molecule has 0 aliphatic heterocycles. The molecule has 0 atom stereocenters. The van der Waals surface area contributed by atoms with Crippen molar-refractivity contribution in [3.63, 3.8) is 0 Å². The van der Waals surface area contributed by atoms with Crippen LogP contribution in [0.25, 0.3) is 82.8 Å². The molecule has 9 rings (SSSR count). The number of nitrogens with zero attached hydrogens (tertiary/aromatic N) is 2. The highest BCUT2D eigenvalue weighted by molar-refractivity contribution is 6.22. The molecule has 0 spiro atoms. The molecule has 49 heavy (non-hydrogen) atoms. The number of para-hydroxylation sites is 2. The highest BCUT2D eigenvalue weighted by atomic mass is 15.1. The molecule has 1 aromatic heterocycles. The summed E-state index contributed by atoms with van der Waals surface area (Å²) >= 11 is 0. The van der Waals surface area contributed by atoms with Crippen molar-refractivity contribution < 1.29 is 6.85 Å². The second kappa shape index (κ2) is 12.1. The Kier molecular flexibility index (Phi) is 5.91. The third kappa shape index (κ3) is 5.01. The van der Waals surface area contributed by atoms with Crippen LogP contribution in [0.2, 0.25) is 0 Å². The van der Waals surface area contributed by atoms with Crippen molar-refractivity contribution in [3.05, 3.63) is 182 Å². The van der Waals surface area contributed by atoms with Crippen molar-refractivity contribution in [1.82, 2.24) is 9.55 Å². The smallest absolute Gasteiger partial charge is 0.114 e. The molecule has 0 aliphatic rings. The minimum atomic E-state index is -0.403. The number of aryl methyl sites for hydroxylation is 1. The molecule has 9 aromatic rings. The third-order valence-corrected chi connectivity index (χ3v) is 9.46. The van der Waals surface area contributed by atoms with Crippen LogP contribution in [0.5, 0.6) is 0 Å². The molecule has 0 aliphatic carbocycles. The number of hydrogen-bond donors (Lipinski definition) is 0. The van der Waals surface area contributed by atoms with E-state index in [4.69, 9.17) is 11.8 Å². The van der Waals surface area contributed by atoms with Crippen LogP contribution in [0.4, 0.5) is 0 Å². The average molecular weight is 632 g/mol. The van der Waals surface area contributed by atoms with E-state index < -0.39 is 6.04 Å². The van der Waals surface area contributed by atoms with Crippen LogP contribution in [-0.4, -0.2) is 9.55 Å². The Hall–Kier alpha value is -6.25. The van der Waals surface area contributed by atoms with Gasteiger partial charge in [0.25, 0.3) is 0 Å². The van der Waals surface area contributed by atoms with Gasteiger partial charge in [0.1, 0.15) is 5.82 Å². The maximum atomic E-state index is 9.00. The largest absolute Gasteiger partial charge is 0.296 e. The van der Waals surface area contributed by atoms with E-state index in [1.54, 1.807) is 0 Å². The summed E-state index contributed by atoms with van der Waals surface area (Å²) in [5.41, 5.74) is 10.2.